The van der Waals surface area contributed by atoms with Crippen molar-refractivity contribution in [1.29, 1.82) is 0 Å². The molecule has 0 radical (unpaired) electrons. The van der Waals surface area contributed by atoms with E-state index in [0.29, 0.717) is 18.0 Å². The predicted octanol–water partition coefficient (Wildman–Crippen LogP) is 0.639. The maximum absolute atomic E-state index is 12.4. The number of rotatable bonds is 5. The molecule has 0 bridgehead atoms. The number of carbonyl (C=O) groups is 2. The Kier molecular flexibility index (Phi) is 5.88. The van der Waals surface area contributed by atoms with Crippen LogP contribution >= 0.6 is 0 Å². The quantitative estimate of drug-likeness (QED) is 0.846. The zero-order valence-corrected chi connectivity index (χ0v) is 14.6. The third-order valence-corrected chi connectivity index (χ3v) is 4.38. The third-order valence-electron chi connectivity index (χ3n) is 4.38. The lowest BCUT2D eigenvalue weighted by Crippen LogP contribution is -2.49. The molecule has 0 spiro atoms. The van der Waals surface area contributed by atoms with Gasteiger partial charge in [0, 0.05) is 25.7 Å². The molecule has 1 fully saturated rings. The topological polar surface area (TPSA) is 71.1 Å². The van der Waals surface area contributed by atoms with E-state index in [9.17, 15) is 9.59 Å². The molecule has 3 rings (SSSR count). The fourth-order valence-corrected chi connectivity index (χ4v) is 3.17. The standard InChI is InChI=1S/C18H25N3O4/c1-14(12-20-7-10-24-11-8-20)19-17(22)13-21-15-4-2-3-5-16(15)25-9-6-18(21)23/h2-5,14H,6-13H2,1H3,(H,19,22)/t14-/m0/s1. The van der Waals surface area contributed by atoms with E-state index in [1.165, 1.54) is 4.90 Å². The van der Waals surface area contributed by atoms with E-state index in [1.807, 2.05) is 31.2 Å². The van der Waals surface area contributed by atoms with E-state index < -0.39 is 0 Å². The number of nitrogens with one attached hydrogen (secondary N) is 1. The molecule has 1 atom stereocenters. The zero-order valence-electron chi connectivity index (χ0n) is 14.6. The second-order valence-corrected chi connectivity index (χ2v) is 6.43. The lowest BCUT2D eigenvalue weighted by atomic mass is 10.2. The monoisotopic (exact) mass is 347 g/mol. The average molecular weight is 347 g/mol. The summed E-state index contributed by atoms with van der Waals surface area (Å²) < 4.78 is 10.9. The summed E-state index contributed by atoms with van der Waals surface area (Å²) in [4.78, 5) is 28.6. The van der Waals surface area contributed by atoms with Crippen molar-refractivity contribution in [1.82, 2.24) is 10.2 Å². The number of hydrogen-bond acceptors (Lipinski definition) is 5. The van der Waals surface area contributed by atoms with Gasteiger partial charge >= 0.3 is 0 Å². The van der Waals surface area contributed by atoms with Crippen molar-refractivity contribution in [3.05, 3.63) is 24.3 Å². The van der Waals surface area contributed by atoms with E-state index in [1.54, 1.807) is 0 Å². The molecular weight excluding hydrogens is 322 g/mol. The Morgan fingerprint density at radius 1 is 1.24 bits per heavy atom. The summed E-state index contributed by atoms with van der Waals surface area (Å²) in [5.74, 6) is 0.384. The van der Waals surface area contributed by atoms with Crippen LogP contribution in [0.5, 0.6) is 5.75 Å². The highest BCUT2D eigenvalue weighted by Gasteiger charge is 2.25. The van der Waals surface area contributed by atoms with Crippen LogP contribution in [0.4, 0.5) is 5.69 Å². The van der Waals surface area contributed by atoms with Gasteiger partial charge in [0.2, 0.25) is 11.8 Å². The number of anilines is 1. The van der Waals surface area contributed by atoms with Gasteiger partial charge in [-0.15, -0.1) is 0 Å². The van der Waals surface area contributed by atoms with E-state index in [2.05, 4.69) is 10.2 Å². The van der Waals surface area contributed by atoms with Crippen LogP contribution in [0.1, 0.15) is 13.3 Å². The fourth-order valence-electron chi connectivity index (χ4n) is 3.17. The van der Waals surface area contributed by atoms with Crippen LogP contribution < -0.4 is 15.0 Å². The molecule has 1 aromatic rings. The Morgan fingerprint density at radius 3 is 2.80 bits per heavy atom. The minimum Gasteiger partial charge on any atom is -0.491 e. The van der Waals surface area contributed by atoms with Gasteiger partial charge in [0.25, 0.3) is 0 Å². The maximum atomic E-state index is 12.4. The summed E-state index contributed by atoms with van der Waals surface area (Å²) in [5.41, 5.74) is 0.654. The molecule has 136 valence electrons. The zero-order chi connectivity index (χ0) is 17.6. The third kappa shape index (κ3) is 4.70. The Bertz CT molecular complexity index is 616. The Morgan fingerprint density at radius 2 is 2.00 bits per heavy atom. The lowest BCUT2D eigenvalue weighted by molar-refractivity contribution is -0.124. The molecule has 25 heavy (non-hydrogen) atoms. The van der Waals surface area contributed by atoms with Crippen molar-refractivity contribution in [2.24, 2.45) is 0 Å². The second kappa shape index (κ2) is 8.31. The first kappa shape index (κ1) is 17.7. The molecule has 1 aromatic carbocycles. The van der Waals surface area contributed by atoms with Gasteiger partial charge in [-0.1, -0.05) is 12.1 Å². The first-order valence-corrected chi connectivity index (χ1v) is 8.75. The Labute approximate surface area is 147 Å². The van der Waals surface area contributed by atoms with E-state index in [4.69, 9.17) is 9.47 Å². The van der Waals surface area contributed by atoms with Gasteiger partial charge in [-0.3, -0.25) is 19.4 Å². The first-order valence-electron chi connectivity index (χ1n) is 8.75. The molecule has 0 unspecified atom stereocenters. The van der Waals surface area contributed by atoms with Gasteiger partial charge in [-0.05, 0) is 19.1 Å². The molecule has 0 aliphatic carbocycles. The van der Waals surface area contributed by atoms with Crippen molar-refractivity contribution in [2.75, 3.05) is 50.9 Å². The summed E-state index contributed by atoms with van der Waals surface area (Å²) in [6.07, 6.45) is 0.269. The minimum absolute atomic E-state index is 0.00660. The lowest BCUT2D eigenvalue weighted by Gasteiger charge is -2.29. The maximum Gasteiger partial charge on any atom is 0.240 e. The van der Waals surface area contributed by atoms with Gasteiger partial charge in [0.15, 0.2) is 0 Å². The van der Waals surface area contributed by atoms with Crippen LogP contribution in [-0.4, -0.2) is 68.8 Å². The van der Waals surface area contributed by atoms with Crippen LogP contribution in [0.2, 0.25) is 0 Å². The number of ether oxygens (including phenoxy) is 2. The van der Waals surface area contributed by atoms with Gasteiger partial charge in [0.1, 0.15) is 12.3 Å². The molecular formula is C18H25N3O4. The summed E-state index contributed by atoms with van der Waals surface area (Å²) >= 11 is 0. The molecule has 2 aliphatic rings. The van der Waals surface area contributed by atoms with Gasteiger partial charge in [-0.2, -0.15) is 0 Å². The molecule has 1 N–H and O–H groups in total. The van der Waals surface area contributed by atoms with Crippen LogP contribution in [0.25, 0.3) is 0 Å². The molecule has 0 aromatic heterocycles. The predicted molar refractivity (Wildman–Crippen MR) is 93.8 cm³/mol. The van der Waals surface area contributed by atoms with Crippen LogP contribution in [-0.2, 0) is 14.3 Å². The number of carbonyl (C=O) groups excluding carboxylic acids is 2. The van der Waals surface area contributed by atoms with Crippen LogP contribution in [0, 0.1) is 0 Å². The normalized spacial score (nSPS) is 19.6. The summed E-state index contributed by atoms with van der Waals surface area (Å²) in [5, 5.41) is 2.99. The van der Waals surface area contributed by atoms with Crippen molar-refractivity contribution >= 4 is 17.5 Å². The Hall–Kier alpha value is -2.12. The van der Waals surface area contributed by atoms with Crippen LogP contribution in [0.15, 0.2) is 24.3 Å². The van der Waals surface area contributed by atoms with Crippen molar-refractivity contribution in [3.63, 3.8) is 0 Å². The number of morpholine rings is 1. The minimum atomic E-state index is -0.161. The average Bonchev–Trinajstić information content (AvgIpc) is 2.75. The number of fused-ring (bicyclic) bond motifs is 1. The first-order chi connectivity index (χ1) is 12.1. The number of nitrogens with zero attached hydrogens (tertiary/aromatic N) is 2. The van der Waals surface area contributed by atoms with Crippen molar-refractivity contribution in [2.45, 2.75) is 19.4 Å². The highest BCUT2D eigenvalue weighted by molar-refractivity contribution is 6.00. The number of hydrogen-bond donors (Lipinski definition) is 1. The largest absolute Gasteiger partial charge is 0.491 e. The molecule has 7 nitrogen and oxygen atoms in total. The van der Waals surface area contributed by atoms with Crippen molar-refractivity contribution < 1.29 is 19.1 Å². The number of benzene rings is 1. The van der Waals surface area contributed by atoms with Gasteiger partial charge in [0.05, 0.1) is 31.9 Å². The molecule has 2 aliphatic heterocycles. The van der Waals surface area contributed by atoms with E-state index in [0.717, 1.165) is 32.8 Å². The van der Waals surface area contributed by atoms with Crippen molar-refractivity contribution in [3.8, 4) is 5.75 Å². The molecule has 2 heterocycles. The Balaban J connectivity index is 1.58. The summed E-state index contributed by atoms with van der Waals surface area (Å²) in [6, 6.07) is 7.34. The smallest absolute Gasteiger partial charge is 0.240 e. The SMILES string of the molecule is C[C@@H](CN1CCOCC1)NC(=O)CN1C(=O)CCOc2ccccc21. The molecule has 0 saturated carbocycles. The van der Waals surface area contributed by atoms with E-state index >= 15 is 0 Å². The van der Waals surface area contributed by atoms with Gasteiger partial charge < -0.3 is 14.8 Å². The summed E-state index contributed by atoms with van der Waals surface area (Å²) in [6.45, 7) is 6.34. The van der Waals surface area contributed by atoms with Crippen LogP contribution in [0.3, 0.4) is 0 Å². The highest BCUT2D eigenvalue weighted by atomic mass is 16.5. The number of amides is 2. The highest BCUT2D eigenvalue weighted by Crippen LogP contribution is 2.30. The molecule has 7 heteroatoms. The molecule has 2 amide bonds. The molecule has 1 saturated heterocycles. The van der Waals surface area contributed by atoms with E-state index in [-0.39, 0.29) is 30.8 Å². The van der Waals surface area contributed by atoms with Gasteiger partial charge in [-0.25, -0.2) is 0 Å². The second-order valence-electron chi connectivity index (χ2n) is 6.43. The fraction of sp³-hybridized carbons (Fsp3) is 0.556. The summed E-state index contributed by atoms with van der Waals surface area (Å²) in [7, 11) is 0. The number of para-hydroxylation sites is 2.